The maximum atomic E-state index is 6.33. The molecular weight excluding hydrogens is 350 g/mol. The average Bonchev–Trinajstić information content (AvgIpc) is 2.79. The summed E-state index contributed by atoms with van der Waals surface area (Å²) < 4.78 is 0. The first kappa shape index (κ1) is 19.6. The Morgan fingerprint density at radius 2 is 0.793 bits per heavy atom. The van der Waals surface area contributed by atoms with Crippen molar-refractivity contribution in [3.63, 3.8) is 0 Å². The van der Waals surface area contributed by atoms with E-state index in [4.69, 9.17) is 5.73 Å². The van der Waals surface area contributed by atoms with Crippen molar-refractivity contribution in [2.75, 3.05) is 0 Å². The maximum absolute atomic E-state index is 6.33. The smallest absolute Gasteiger partial charge is 0.00390 e. The summed E-state index contributed by atoms with van der Waals surface area (Å²) in [5.41, 5.74) is 6.33. The molecule has 0 aliphatic heterocycles. The number of hydrogen-bond donors (Lipinski definition) is 1. The highest BCUT2D eigenvalue weighted by molar-refractivity contribution is 5.07. The van der Waals surface area contributed by atoms with Crippen molar-refractivity contribution in [3.8, 4) is 0 Å². The monoisotopic (exact) mass is 397 g/mol. The Morgan fingerprint density at radius 1 is 0.379 bits per heavy atom. The third-order valence-corrected chi connectivity index (χ3v) is 11.7. The number of nitrogens with two attached hydrogens (primary N) is 1. The Hall–Kier alpha value is -0.0400. The second kappa shape index (κ2) is 8.14. The molecule has 0 aromatic carbocycles. The van der Waals surface area contributed by atoms with Crippen molar-refractivity contribution in [2.24, 2.45) is 64.9 Å². The summed E-state index contributed by atoms with van der Waals surface area (Å²) in [7, 11) is 0. The van der Waals surface area contributed by atoms with Gasteiger partial charge in [-0.05, 0) is 130 Å². The van der Waals surface area contributed by atoms with E-state index in [1.165, 1.54) is 25.7 Å². The van der Waals surface area contributed by atoms with E-state index in [1.54, 1.807) is 83.5 Å². The zero-order chi connectivity index (χ0) is 19.4. The van der Waals surface area contributed by atoms with Gasteiger partial charge in [-0.2, -0.15) is 0 Å². The third kappa shape index (κ3) is 3.35. The molecule has 6 rings (SSSR count). The first-order valence-corrected chi connectivity index (χ1v) is 14.1. The van der Waals surface area contributed by atoms with Crippen molar-refractivity contribution in [1.82, 2.24) is 0 Å². The van der Waals surface area contributed by atoms with Crippen molar-refractivity contribution in [2.45, 2.75) is 115 Å². The molecule has 6 aliphatic rings. The summed E-state index contributed by atoms with van der Waals surface area (Å²) in [6.07, 6.45) is 26.2. The van der Waals surface area contributed by atoms with E-state index in [1.807, 2.05) is 0 Å². The SMILES string of the molecule is NC1CCC(C2CC3C4CCCCC4C4CCCCC4C3C3CCCCC23)CC1. The second-order valence-corrected chi connectivity index (χ2v) is 12.7. The van der Waals surface area contributed by atoms with Gasteiger partial charge in [-0.25, -0.2) is 0 Å². The first-order chi connectivity index (χ1) is 14.3. The molecule has 0 aromatic rings. The zero-order valence-electron chi connectivity index (χ0n) is 18.9. The average molecular weight is 398 g/mol. The molecule has 6 aliphatic carbocycles. The van der Waals surface area contributed by atoms with Crippen molar-refractivity contribution >= 4 is 0 Å². The van der Waals surface area contributed by atoms with Gasteiger partial charge in [0.1, 0.15) is 0 Å². The molecule has 0 bridgehead atoms. The molecule has 0 radical (unpaired) electrons. The predicted octanol–water partition coefficient (Wildman–Crippen LogP) is 7.19. The van der Waals surface area contributed by atoms with Crippen LogP contribution in [0.3, 0.4) is 0 Å². The van der Waals surface area contributed by atoms with Crippen LogP contribution in [0.4, 0.5) is 0 Å². The first-order valence-electron chi connectivity index (χ1n) is 14.1. The van der Waals surface area contributed by atoms with Crippen LogP contribution in [0.1, 0.15) is 109 Å². The fraction of sp³-hybridized carbons (Fsp3) is 1.00. The highest BCUT2D eigenvalue weighted by Crippen LogP contribution is 2.65. The van der Waals surface area contributed by atoms with Crippen molar-refractivity contribution in [1.29, 1.82) is 0 Å². The molecule has 9 unspecified atom stereocenters. The molecule has 0 spiro atoms. The van der Waals surface area contributed by atoms with Gasteiger partial charge >= 0.3 is 0 Å². The molecule has 1 nitrogen and oxygen atoms in total. The Morgan fingerprint density at radius 3 is 1.34 bits per heavy atom. The fourth-order valence-electron chi connectivity index (χ4n) is 10.8. The van der Waals surface area contributed by atoms with Gasteiger partial charge in [0, 0.05) is 6.04 Å². The van der Waals surface area contributed by atoms with Crippen LogP contribution < -0.4 is 5.73 Å². The molecule has 0 heterocycles. The van der Waals surface area contributed by atoms with Crippen LogP contribution in [-0.2, 0) is 0 Å². The van der Waals surface area contributed by atoms with E-state index in [9.17, 15) is 0 Å². The maximum Gasteiger partial charge on any atom is 0.00390 e. The van der Waals surface area contributed by atoms with Gasteiger partial charge < -0.3 is 5.73 Å². The minimum absolute atomic E-state index is 0.519. The Labute approximate surface area is 180 Å². The summed E-state index contributed by atoms with van der Waals surface area (Å²) in [5.74, 6) is 11.2. The summed E-state index contributed by atoms with van der Waals surface area (Å²) in [4.78, 5) is 0. The van der Waals surface area contributed by atoms with E-state index in [-0.39, 0.29) is 0 Å². The lowest BCUT2D eigenvalue weighted by atomic mass is 9.42. The normalized spacial score (nSPS) is 55.1. The zero-order valence-corrected chi connectivity index (χ0v) is 18.9. The minimum Gasteiger partial charge on any atom is -0.328 e. The lowest BCUT2D eigenvalue weighted by molar-refractivity contribution is -0.147. The van der Waals surface area contributed by atoms with Crippen molar-refractivity contribution in [3.05, 3.63) is 0 Å². The van der Waals surface area contributed by atoms with Crippen LogP contribution in [0.2, 0.25) is 0 Å². The standard InChI is InChI=1S/C28H47N/c29-19-15-13-18(14-16-19)26-17-27-22-9-2-1-7-20(22)21-8-3-5-11-24(21)28(27)25-12-6-4-10-23(25)26/h18-28H,1-17,29H2. The van der Waals surface area contributed by atoms with E-state index in [0.29, 0.717) is 6.04 Å². The second-order valence-electron chi connectivity index (χ2n) is 12.7. The van der Waals surface area contributed by atoms with Gasteiger partial charge in [0.05, 0.1) is 0 Å². The molecule has 6 fully saturated rings. The predicted molar refractivity (Wildman–Crippen MR) is 121 cm³/mol. The van der Waals surface area contributed by atoms with Crippen LogP contribution in [0.25, 0.3) is 0 Å². The number of rotatable bonds is 1. The molecule has 0 aromatic heterocycles. The molecule has 1 heteroatoms. The Balaban J connectivity index is 1.33. The van der Waals surface area contributed by atoms with E-state index in [0.717, 1.165) is 59.2 Å². The highest BCUT2D eigenvalue weighted by atomic mass is 14.7. The van der Waals surface area contributed by atoms with Gasteiger partial charge in [0.25, 0.3) is 0 Å². The van der Waals surface area contributed by atoms with Gasteiger partial charge in [-0.1, -0.05) is 38.5 Å². The van der Waals surface area contributed by atoms with Crippen LogP contribution in [0.15, 0.2) is 0 Å². The van der Waals surface area contributed by atoms with Crippen LogP contribution >= 0.6 is 0 Å². The number of fused-ring (bicyclic) bond motifs is 8. The van der Waals surface area contributed by atoms with E-state index >= 15 is 0 Å². The molecule has 29 heavy (non-hydrogen) atoms. The lowest BCUT2D eigenvalue weighted by Gasteiger charge is -2.63. The fourth-order valence-corrected chi connectivity index (χ4v) is 10.8. The van der Waals surface area contributed by atoms with Gasteiger partial charge in [-0.3, -0.25) is 0 Å². The highest BCUT2D eigenvalue weighted by Gasteiger charge is 2.58. The van der Waals surface area contributed by atoms with Crippen LogP contribution in [0.5, 0.6) is 0 Å². The third-order valence-electron chi connectivity index (χ3n) is 11.7. The molecular formula is C28H47N. The minimum atomic E-state index is 0.519. The summed E-state index contributed by atoms with van der Waals surface area (Å²) in [6, 6.07) is 0.519. The largest absolute Gasteiger partial charge is 0.328 e. The molecule has 2 N–H and O–H groups in total. The van der Waals surface area contributed by atoms with Gasteiger partial charge in [-0.15, -0.1) is 0 Å². The lowest BCUT2D eigenvalue weighted by Crippen LogP contribution is -2.57. The van der Waals surface area contributed by atoms with Crippen LogP contribution in [-0.4, -0.2) is 6.04 Å². The summed E-state index contributed by atoms with van der Waals surface area (Å²) in [6.45, 7) is 0. The molecule has 6 saturated carbocycles. The van der Waals surface area contributed by atoms with Crippen molar-refractivity contribution < 1.29 is 0 Å². The molecule has 9 atom stereocenters. The Kier molecular flexibility index (Phi) is 5.51. The van der Waals surface area contributed by atoms with Gasteiger partial charge in [0.2, 0.25) is 0 Å². The summed E-state index contributed by atoms with van der Waals surface area (Å²) >= 11 is 0. The molecule has 0 saturated heterocycles. The van der Waals surface area contributed by atoms with Gasteiger partial charge in [0.15, 0.2) is 0 Å². The quantitative estimate of drug-likeness (QED) is 0.498. The topological polar surface area (TPSA) is 26.0 Å². The van der Waals surface area contributed by atoms with E-state index in [2.05, 4.69) is 0 Å². The van der Waals surface area contributed by atoms with Crippen LogP contribution in [0, 0.1) is 59.2 Å². The summed E-state index contributed by atoms with van der Waals surface area (Å²) in [5, 5.41) is 0. The molecule has 0 amide bonds. The molecule has 164 valence electrons. The number of hydrogen-bond acceptors (Lipinski definition) is 1. The van der Waals surface area contributed by atoms with E-state index < -0.39 is 0 Å². The Bertz CT molecular complexity index is 563.